The Morgan fingerprint density at radius 1 is 1.06 bits per heavy atom. The predicted molar refractivity (Wildman–Crippen MR) is 129 cm³/mol. The number of sulfonamides is 1. The highest BCUT2D eigenvalue weighted by Gasteiger charge is 2.31. The summed E-state index contributed by atoms with van der Waals surface area (Å²) in [6, 6.07) is 16.4. The molecule has 2 aromatic heterocycles. The van der Waals surface area contributed by atoms with Crippen LogP contribution in [-0.4, -0.2) is 45.7 Å². The first-order valence-electron chi connectivity index (χ1n) is 11.0. The minimum Gasteiger partial charge on any atom is -0.489 e. The number of ether oxygens (including phenoxy) is 2. The van der Waals surface area contributed by atoms with Crippen LogP contribution in [0.2, 0.25) is 0 Å². The summed E-state index contributed by atoms with van der Waals surface area (Å²) in [6.45, 7) is 1.58. The molecule has 1 aliphatic rings. The minimum absolute atomic E-state index is 0.121. The Morgan fingerprint density at radius 2 is 1.94 bits per heavy atom. The number of fused-ring (bicyclic) bond motifs is 1. The maximum absolute atomic E-state index is 13.7. The van der Waals surface area contributed by atoms with E-state index >= 15 is 0 Å². The molecule has 0 amide bonds. The van der Waals surface area contributed by atoms with Crippen molar-refractivity contribution in [3.05, 3.63) is 78.1 Å². The summed E-state index contributed by atoms with van der Waals surface area (Å²) >= 11 is 1.01. The SMILES string of the molecule is O=S(=O)(c1cccc2nsnc12)N(Cc1ccc(OCc2cccnc2)cc1)CC1CCCO1. The fourth-order valence-corrected chi connectivity index (χ4v) is 6.15. The van der Waals surface area contributed by atoms with Gasteiger partial charge in [-0.3, -0.25) is 4.98 Å². The lowest BCUT2D eigenvalue weighted by molar-refractivity contribution is 0.0926. The Balaban J connectivity index is 1.36. The Hall–Kier alpha value is -2.92. The standard InChI is InChI=1S/C24H24N4O4S2/c29-34(30,23-7-1-6-22-24(23)27-33-26-22)28(16-21-5-3-13-31-21)15-18-8-10-20(11-9-18)32-17-19-4-2-12-25-14-19/h1-2,4,6-12,14,21H,3,5,13,15-17H2. The molecule has 1 saturated heterocycles. The number of aromatic nitrogens is 3. The first-order chi connectivity index (χ1) is 16.6. The van der Waals surface area contributed by atoms with Gasteiger partial charge in [0, 0.05) is 37.7 Å². The van der Waals surface area contributed by atoms with E-state index in [1.165, 1.54) is 4.31 Å². The van der Waals surface area contributed by atoms with Crippen molar-refractivity contribution >= 4 is 32.8 Å². The molecule has 2 aromatic carbocycles. The number of hydrogen-bond donors (Lipinski definition) is 0. The highest BCUT2D eigenvalue weighted by molar-refractivity contribution is 7.89. The van der Waals surface area contributed by atoms with Crippen LogP contribution in [0.3, 0.4) is 0 Å². The zero-order chi connectivity index (χ0) is 23.4. The molecular weight excluding hydrogens is 472 g/mol. The molecule has 176 valence electrons. The molecule has 0 N–H and O–H groups in total. The summed E-state index contributed by atoms with van der Waals surface area (Å²) in [6.07, 6.45) is 5.15. The van der Waals surface area contributed by atoms with Gasteiger partial charge in [0.2, 0.25) is 10.0 Å². The minimum atomic E-state index is -3.82. The molecule has 5 rings (SSSR count). The molecule has 0 saturated carbocycles. The van der Waals surface area contributed by atoms with Crippen molar-refractivity contribution in [2.75, 3.05) is 13.2 Å². The van der Waals surface area contributed by atoms with Crippen LogP contribution in [-0.2, 0) is 27.9 Å². The molecule has 1 unspecified atom stereocenters. The van der Waals surface area contributed by atoms with Crippen molar-refractivity contribution in [3.63, 3.8) is 0 Å². The molecule has 0 bridgehead atoms. The lowest BCUT2D eigenvalue weighted by atomic mass is 10.2. The molecule has 1 fully saturated rings. The molecule has 10 heteroatoms. The second kappa shape index (κ2) is 10.1. The van der Waals surface area contributed by atoms with Crippen molar-refractivity contribution < 1.29 is 17.9 Å². The summed E-state index contributed by atoms with van der Waals surface area (Å²) in [5.41, 5.74) is 2.83. The van der Waals surface area contributed by atoms with Crippen LogP contribution in [0.15, 0.2) is 71.9 Å². The Bertz CT molecular complexity index is 1340. The van der Waals surface area contributed by atoms with Crippen LogP contribution in [0.1, 0.15) is 24.0 Å². The highest BCUT2D eigenvalue weighted by atomic mass is 32.2. The average Bonchev–Trinajstić information content (AvgIpc) is 3.55. The van der Waals surface area contributed by atoms with E-state index < -0.39 is 10.0 Å². The zero-order valence-electron chi connectivity index (χ0n) is 18.4. The molecule has 0 radical (unpaired) electrons. The Kier molecular flexibility index (Phi) is 6.82. The lowest BCUT2D eigenvalue weighted by Gasteiger charge is -2.25. The summed E-state index contributed by atoms with van der Waals surface area (Å²) in [5, 5.41) is 0. The smallest absolute Gasteiger partial charge is 0.245 e. The molecule has 1 atom stereocenters. The predicted octanol–water partition coefficient (Wildman–Crippen LogP) is 4.04. The number of rotatable bonds is 9. The largest absolute Gasteiger partial charge is 0.489 e. The number of hydrogen-bond acceptors (Lipinski definition) is 8. The Morgan fingerprint density at radius 3 is 2.71 bits per heavy atom. The summed E-state index contributed by atoms with van der Waals surface area (Å²) in [7, 11) is -3.82. The maximum atomic E-state index is 13.7. The normalized spacial score (nSPS) is 16.3. The van der Waals surface area contributed by atoms with Crippen molar-refractivity contribution in [3.8, 4) is 5.75 Å². The van der Waals surface area contributed by atoms with Crippen LogP contribution in [0.25, 0.3) is 11.0 Å². The number of benzene rings is 2. The van der Waals surface area contributed by atoms with Gasteiger partial charge in [0.15, 0.2) is 0 Å². The molecule has 0 spiro atoms. The number of nitrogens with zero attached hydrogens (tertiary/aromatic N) is 4. The summed E-state index contributed by atoms with van der Waals surface area (Å²) in [5.74, 6) is 0.708. The second-order valence-corrected chi connectivity index (χ2v) is 10.5. The van der Waals surface area contributed by atoms with Gasteiger partial charge in [-0.1, -0.05) is 24.3 Å². The second-order valence-electron chi connectivity index (χ2n) is 8.11. The molecule has 0 aliphatic carbocycles. The lowest BCUT2D eigenvalue weighted by Crippen LogP contribution is -2.37. The third kappa shape index (κ3) is 5.10. The van der Waals surface area contributed by atoms with Crippen molar-refractivity contribution in [2.45, 2.75) is 37.0 Å². The quantitative estimate of drug-likeness (QED) is 0.345. The van der Waals surface area contributed by atoms with Gasteiger partial charge in [-0.25, -0.2) is 8.42 Å². The molecule has 34 heavy (non-hydrogen) atoms. The van der Waals surface area contributed by atoms with Gasteiger partial charge in [-0.05, 0) is 48.7 Å². The van der Waals surface area contributed by atoms with E-state index in [1.54, 1.807) is 30.6 Å². The maximum Gasteiger partial charge on any atom is 0.245 e. The fraction of sp³-hybridized carbons (Fsp3) is 0.292. The third-order valence-corrected chi connectivity index (χ3v) is 8.09. The van der Waals surface area contributed by atoms with Crippen molar-refractivity contribution in [1.82, 2.24) is 18.0 Å². The fourth-order valence-electron chi connectivity index (χ4n) is 3.94. The number of pyridine rings is 1. The van der Waals surface area contributed by atoms with E-state index in [-0.39, 0.29) is 24.1 Å². The highest BCUT2D eigenvalue weighted by Crippen LogP contribution is 2.27. The van der Waals surface area contributed by atoms with E-state index in [2.05, 4.69) is 13.7 Å². The third-order valence-electron chi connectivity index (χ3n) is 5.71. The van der Waals surface area contributed by atoms with E-state index in [1.807, 2.05) is 36.4 Å². The van der Waals surface area contributed by atoms with E-state index in [4.69, 9.17) is 9.47 Å². The molecule has 1 aliphatic heterocycles. The first-order valence-corrected chi connectivity index (χ1v) is 13.2. The van der Waals surface area contributed by atoms with E-state index in [0.29, 0.717) is 30.0 Å². The summed E-state index contributed by atoms with van der Waals surface area (Å²) in [4.78, 5) is 4.26. The summed E-state index contributed by atoms with van der Waals surface area (Å²) < 4.78 is 49.0. The molecule has 3 heterocycles. The Labute approximate surface area is 202 Å². The van der Waals surface area contributed by atoms with Crippen LogP contribution in [0.4, 0.5) is 0 Å². The van der Waals surface area contributed by atoms with Crippen LogP contribution in [0, 0.1) is 0 Å². The zero-order valence-corrected chi connectivity index (χ0v) is 20.0. The average molecular weight is 497 g/mol. The van der Waals surface area contributed by atoms with Gasteiger partial charge < -0.3 is 9.47 Å². The monoisotopic (exact) mass is 496 g/mol. The van der Waals surface area contributed by atoms with E-state index in [0.717, 1.165) is 35.7 Å². The molecule has 8 nitrogen and oxygen atoms in total. The van der Waals surface area contributed by atoms with Gasteiger partial charge in [-0.15, -0.1) is 0 Å². The molecular formula is C24H24N4O4S2. The van der Waals surface area contributed by atoms with Crippen molar-refractivity contribution in [2.24, 2.45) is 0 Å². The van der Waals surface area contributed by atoms with Crippen LogP contribution in [0.5, 0.6) is 5.75 Å². The van der Waals surface area contributed by atoms with Gasteiger partial charge in [0.05, 0.1) is 17.8 Å². The first kappa shape index (κ1) is 22.9. The van der Waals surface area contributed by atoms with Crippen LogP contribution < -0.4 is 4.74 Å². The van der Waals surface area contributed by atoms with Gasteiger partial charge >= 0.3 is 0 Å². The van der Waals surface area contributed by atoms with Gasteiger partial charge in [-0.2, -0.15) is 13.1 Å². The van der Waals surface area contributed by atoms with Gasteiger partial charge in [0.25, 0.3) is 0 Å². The van der Waals surface area contributed by atoms with Crippen LogP contribution >= 0.6 is 11.7 Å². The van der Waals surface area contributed by atoms with Gasteiger partial charge in [0.1, 0.15) is 28.3 Å². The topological polar surface area (TPSA) is 94.5 Å². The van der Waals surface area contributed by atoms with E-state index in [9.17, 15) is 8.42 Å². The molecule has 4 aromatic rings. The van der Waals surface area contributed by atoms with Crippen molar-refractivity contribution in [1.29, 1.82) is 0 Å².